The third-order valence-electron chi connectivity index (χ3n) is 4.39. The second-order valence-electron chi connectivity index (χ2n) is 6.53. The van der Waals surface area contributed by atoms with Crippen molar-refractivity contribution < 1.29 is 19.1 Å². The quantitative estimate of drug-likeness (QED) is 0.754. The van der Waals surface area contributed by atoms with Crippen LogP contribution in [0, 0.1) is 5.41 Å². The number of hydrogen-bond acceptors (Lipinski definition) is 4. The number of ether oxygens (including phenoxy) is 2. The molecule has 0 aromatic heterocycles. The van der Waals surface area contributed by atoms with E-state index in [0.717, 1.165) is 5.69 Å². The molecule has 2 aromatic rings. The van der Waals surface area contributed by atoms with Crippen LogP contribution in [0.4, 0.5) is 11.4 Å². The maximum absolute atomic E-state index is 13.1. The first-order chi connectivity index (χ1) is 12.8. The fourth-order valence-electron chi connectivity index (χ4n) is 2.67. The molecule has 2 rings (SSSR count). The zero-order valence-electron chi connectivity index (χ0n) is 16.4. The number of rotatable bonds is 7. The largest absolute Gasteiger partial charge is 0.497 e. The summed E-state index contributed by atoms with van der Waals surface area (Å²) in [4.78, 5) is 27.6. The van der Waals surface area contributed by atoms with Gasteiger partial charge in [-0.05, 0) is 45.0 Å². The van der Waals surface area contributed by atoms with Gasteiger partial charge in [0.1, 0.15) is 16.9 Å². The van der Waals surface area contributed by atoms with Crippen molar-refractivity contribution in [2.45, 2.75) is 20.8 Å². The molecule has 6 heteroatoms. The Kier molecular flexibility index (Phi) is 6.45. The second-order valence-corrected chi connectivity index (χ2v) is 6.53. The molecule has 0 spiro atoms. The monoisotopic (exact) mass is 370 g/mol. The molecule has 0 aliphatic rings. The molecule has 1 N–H and O–H groups in total. The van der Waals surface area contributed by atoms with Gasteiger partial charge >= 0.3 is 0 Å². The standard InChI is InChI=1S/C21H26N2O4/c1-6-23(15-10-8-7-9-11-15)20(25)21(2,3)19(24)22-17-13-12-16(26-4)14-18(17)27-5/h7-14H,6H2,1-5H3,(H,22,24). The molecule has 0 unspecified atom stereocenters. The van der Waals surface area contributed by atoms with Gasteiger partial charge in [-0.15, -0.1) is 0 Å². The molecule has 27 heavy (non-hydrogen) atoms. The summed E-state index contributed by atoms with van der Waals surface area (Å²) in [7, 11) is 3.06. The van der Waals surface area contributed by atoms with Crippen LogP contribution in [0.15, 0.2) is 48.5 Å². The highest BCUT2D eigenvalue weighted by atomic mass is 16.5. The molecule has 2 amide bonds. The summed E-state index contributed by atoms with van der Waals surface area (Å²) in [5.74, 6) is 0.384. The first kappa shape index (κ1) is 20.3. The van der Waals surface area contributed by atoms with Crippen LogP contribution in [0.25, 0.3) is 0 Å². The van der Waals surface area contributed by atoms with Crippen LogP contribution in [0.3, 0.4) is 0 Å². The average Bonchev–Trinajstić information content (AvgIpc) is 2.69. The summed E-state index contributed by atoms with van der Waals surface area (Å²) in [6, 6.07) is 14.4. The molecule has 144 valence electrons. The van der Waals surface area contributed by atoms with Crippen LogP contribution in [-0.4, -0.2) is 32.6 Å². The van der Waals surface area contributed by atoms with E-state index in [1.807, 2.05) is 37.3 Å². The predicted molar refractivity (Wildman–Crippen MR) is 106 cm³/mol. The van der Waals surface area contributed by atoms with E-state index in [4.69, 9.17) is 9.47 Å². The number of nitrogens with zero attached hydrogens (tertiary/aromatic N) is 1. The predicted octanol–water partition coefficient (Wildman–Crippen LogP) is 3.72. The number of carbonyl (C=O) groups excluding carboxylic acids is 2. The first-order valence-electron chi connectivity index (χ1n) is 8.75. The Morgan fingerprint density at radius 2 is 1.70 bits per heavy atom. The lowest BCUT2D eigenvalue weighted by molar-refractivity contribution is -0.136. The van der Waals surface area contributed by atoms with Crippen molar-refractivity contribution in [1.82, 2.24) is 0 Å². The Hall–Kier alpha value is -3.02. The zero-order valence-corrected chi connectivity index (χ0v) is 16.4. The van der Waals surface area contributed by atoms with E-state index >= 15 is 0 Å². The normalized spacial score (nSPS) is 10.9. The molecule has 6 nitrogen and oxygen atoms in total. The molecule has 0 atom stereocenters. The lowest BCUT2D eigenvalue weighted by atomic mass is 9.89. The minimum atomic E-state index is -1.27. The van der Waals surface area contributed by atoms with Crippen molar-refractivity contribution in [2.75, 3.05) is 31.0 Å². The van der Waals surface area contributed by atoms with Gasteiger partial charge in [0.2, 0.25) is 11.8 Å². The van der Waals surface area contributed by atoms with E-state index in [1.165, 1.54) is 7.11 Å². The Morgan fingerprint density at radius 3 is 2.26 bits per heavy atom. The van der Waals surface area contributed by atoms with Crippen LogP contribution in [0.2, 0.25) is 0 Å². The molecule has 0 bridgehead atoms. The summed E-state index contributed by atoms with van der Waals surface area (Å²) in [6.45, 7) is 5.58. The topological polar surface area (TPSA) is 67.9 Å². The molecule has 0 saturated carbocycles. The van der Waals surface area contributed by atoms with Gasteiger partial charge < -0.3 is 19.7 Å². The number of para-hydroxylation sites is 1. The van der Waals surface area contributed by atoms with Crippen molar-refractivity contribution >= 4 is 23.2 Å². The van der Waals surface area contributed by atoms with Crippen molar-refractivity contribution in [2.24, 2.45) is 5.41 Å². The third-order valence-corrected chi connectivity index (χ3v) is 4.39. The summed E-state index contributed by atoms with van der Waals surface area (Å²) in [6.07, 6.45) is 0. The molecule has 0 heterocycles. The van der Waals surface area contributed by atoms with Gasteiger partial charge in [0, 0.05) is 18.3 Å². The number of hydrogen-bond donors (Lipinski definition) is 1. The summed E-state index contributed by atoms with van der Waals surface area (Å²) < 4.78 is 10.5. The summed E-state index contributed by atoms with van der Waals surface area (Å²) >= 11 is 0. The maximum Gasteiger partial charge on any atom is 0.242 e. The Labute approximate surface area is 160 Å². The second kappa shape index (κ2) is 8.58. The zero-order chi connectivity index (χ0) is 20.0. The van der Waals surface area contributed by atoms with Gasteiger partial charge in [-0.1, -0.05) is 18.2 Å². The fourth-order valence-corrected chi connectivity index (χ4v) is 2.67. The molecule has 0 aliphatic heterocycles. The number of benzene rings is 2. The first-order valence-corrected chi connectivity index (χ1v) is 8.75. The average molecular weight is 370 g/mol. The minimum absolute atomic E-state index is 0.277. The van der Waals surface area contributed by atoms with Crippen LogP contribution < -0.4 is 19.7 Å². The Balaban J connectivity index is 2.25. The number of methoxy groups -OCH3 is 2. The van der Waals surface area contributed by atoms with E-state index in [9.17, 15) is 9.59 Å². The fraction of sp³-hybridized carbons (Fsp3) is 0.333. The molecule has 0 radical (unpaired) electrons. The summed E-state index contributed by atoms with van der Waals surface area (Å²) in [5, 5.41) is 2.80. The highest BCUT2D eigenvalue weighted by molar-refractivity contribution is 6.15. The van der Waals surface area contributed by atoms with Crippen molar-refractivity contribution in [3.05, 3.63) is 48.5 Å². The number of nitrogens with one attached hydrogen (secondary N) is 1. The van der Waals surface area contributed by atoms with E-state index in [-0.39, 0.29) is 5.91 Å². The molecule has 0 fully saturated rings. The minimum Gasteiger partial charge on any atom is -0.497 e. The van der Waals surface area contributed by atoms with E-state index in [2.05, 4.69) is 5.32 Å². The van der Waals surface area contributed by atoms with Crippen molar-refractivity contribution in [1.29, 1.82) is 0 Å². The number of carbonyl (C=O) groups is 2. The Morgan fingerprint density at radius 1 is 1.04 bits per heavy atom. The lowest BCUT2D eigenvalue weighted by Crippen LogP contribution is -2.47. The molecular formula is C21H26N2O4. The molecule has 0 saturated heterocycles. The number of amides is 2. The smallest absolute Gasteiger partial charge is 0.242 e. The van der Waals surface area contributed by atoms with E-state index in [1.54, 1.807) is 44.1 Å². The molecular weight excluding hydrogens is 344 g/mol. The van der Waals surface area contributed by atoms with Crippen LogP contribution in [-0.2, 0) is 9.59 Å². The van der Waals surface area contributed by atoms with Crippen LogP contribution in [0.5, 0.6) is 11.5 Å². The SMILES string of the molecule is CCN(C(=O)C(C)(C)C(=O)Nc1ccc(OC)cc1OC)c1ccccc1. The highest BCUT2D eigenvalue weighted by Crippen LogP contribution is 2.31. The van der Waals surface area contributed by atoms with Crippen molar-refractivity contribution in [3.63, 3.8) is 0 Å². The van der Waals surface area contributed by atoms with Gasteiger partial charge in [0.25, 0.3) is 0 Å². The third kappa shape index (κ3) is 4.39. The lowest BCUT2D eigenvalue weighted by Gasteiger charge is -2.30. The van der Waals surface area contributed by atoms with Crippen molar-refractivity contribution in [3.8, 4) is 11.5 Å². The van der Waals surface area contributed by atoms with Crippen LogP contribution >= 0.6 is 0 Å². The van der Waals surface area contributed by atoms with Gasteiger partial charge in [-0.25, -0.2) is 0 Å². The molecule has 0 aliphatic carbocycles. The maximum atomic E-state index is 13.1. The highest BCUT2D eigenvalue weighted by Gasteiger charge is 2.39. The van der Waals surface area contributed by atoms with Gasteiger partial charge in [0.05, 0.1) is 19.9 Å². The Bertz CT molecular complexity index is 803. The van der Waals surface area contributed by atoms with Crippen LogP contribution in [0.1, 0.15) is 20.8 Å². The molecule has 2 aromatic carbocycles. The summed E-state index contributed by atoms with van der Waals surface area (Å²) in [5.41, 5.74) is -0.0311. The number of anilines is 2. The van der Waals surface area contributed by atoms with Gasteiger partial charge in [-0.2, -0.15) is 0 Å². The van der Waals surface area contributed by atoms with Gasteiger partial charge in [-0.3, -0.25) is 9.59 Å². The van der Waals surface area contributed by atoms with E-state index in [0.29, 0.717) is 23.7 Å². The van der Waals surface area contributed by atoms with E-state index < -0.39 is 11.3 Å². The van der Waals surface area contributed by atoms with Gasteiger partial charge in [0.15, 0.2) is 0 Å².